The molecule has 0 aliphatic carbocycles. The van der Waals surface area contributed by atoms with Crippen LogP contribution in [-0.4, -0.2) is 57.1 Å². The molecule has 0 aromatic heterocycles. The molecule has 0 aliphatic heterocycles. The second kappa shape index (κ2) is 12.0. The second-order valence-corrected chi connectivity index (χ2v) is 10.2. The summed E-state index contributed by atoms with van der Waals surface area (Å²) >= 11 is 6.20. The SMILES string of the molecule is CCNC(=O)[C@@H](CC)N(CCc1ccccc1)C(=O)CN(c1ccc(C)c(Cl)c1)S(C)(=O)=O. The van der Waals surface area contributed by atoms with E-state index < -0.39 is 28.5 Å². The molecule has 0 saturated carbocycles. The van der Waals surface area contributed by atoms with E-state index in [0.717, 1.165) is 21.7 Å². The molecule has 2 amide bonds. The quantitative estimate of drug-likeness (QED) is 0.519. The topological polar surface area (TPSA) is 86.8 Å². The standard InChI is InChI=1S/C24H32ClN3O4S/c1-5-22(24(30)26-6-2)27(15-14-19-10-8-7-9-11-19)23(29)17-28(33(4,31)32)20-13-12-18(3)21(25)16-20/h7-13,16,22H,5-6,14-15,17H2,1-4H3,(H,26,30)/t22-/m1/s1. The van der Waals surface area contributed by atoms with Gasteiger partial charge in [0.05, 0.1) is 11.9 Å². The Morgan fingerprint density at radius 3 is 2.30 bits per heavy atom. The summed E-state index contributed by atoms with van der Waals surface area (Å²) in [5.74, 6) is -0.711. The maximum Gasteiger partial charge on any atom is 0.244 e. The Balaban J connectivity index is 2.36. The molecule has 0 fully saturated rings. The van der Waals surface area contributed by atoms with Crippen molar-refractivity contribution in [3.8, 4) is 0 Å². The Labute approximate surface area is 201 Å². The van der Waals surface area contributed by atoms with Crippen LogP contribution in [0.15, 0.2) is 48.5 Å². The third kappa shape index (κ3) is 7.47. The monoisotopic (exact) mass is 493 g/mol. The average molecular weight is 494 g/mol. The zero-order valence-electron chi connectivity index (χ0n) is 19.5. The third-order valence-corrected chi connectivity index (χ3v) is 6.89. The number of rotatable bonds is 11. The lowest BCUT2D eigenvalue weighted by atomic mass is 10.1. The Morgan fingerprint density at radius 2 is 1.76 bits per heavy atom. The minimum absolute atomic E-state index is 0.259. The van der Waals surface area contributed by atoms with Gasteiger partial charge >= 0.3 is 0 Å². The van der Waals surface area contributed by atoms with Gasteiger partial charge in [0.25, 0.3) is 0 Å². The molecular weight excluding hydrogens is 462 g/mol. The number of halogens is 1. The number of hydrogen-bond donors (Lipinski definition) is 1. The lowest BCUT2D eigenvalue weighted by Gasteiger charge is -2.32. The first-order chi connectivity index (χ1) is 15.6. The van der Waals surface area contributed by atoms with Crippen molar-refractivity contribution in [2.24, 2.45) is 0 Å². The van der Waals surface area contributed by atoms with E-state index in [4.69, 9.17) is 11.6 Å². The summed E-state index contributed by atoms with van der Waals surface area (Å²) in [6, 6.07) is 13.8. The average Bonchev–Trinajstić information content (AvgIpc) is 2.76. The van der Waals surface area contributed by atoms with E-state index in [1.165, 1.54) is 11.0 Å². The molecule has 7 nitrogen and oxygen atoms in total. The molecule has 0 spiro atoms. The fourth-order valence-electron chi connectivity index (χ4n) is 3.54. The number of benzene rings is 2. The van der Waals surface area contributed by atoms with Crippen LogP contribution in [0.2, 0.25) is 5.02 Å². The number of carbonyl (C=O) groups is 2. The molecule has 2 aromatic rings. The van der Waals surface area contributed by atoms with Gasteiger partial charge in [-0.25, -0.2) is 8.42 Å². The van der Waals surface area contributed by atoms with Crippen LogP contribution in [0.1, 0.15) is 31.4 Å². The summed E-state index contributed by atoms with van der Waals surface area (Å²) in [5.41, 5.74) is 2.12. The minimum Gasteiger partial charge on any atom is -0.355 e. The molecule has 2 rings (SSSR count). The van der Waals surface area contributed by atoms with Crippen LogP contribution < -0.4 is 9.62 Å². The molecule has 33 heavy (non-hydrogen) atoms. The van der Waals surface area contributed by atoms with E-state index in [-0.39, 0.29) is 12.5 Å². The highest BCUT2D eigenvalue weighted by atomic mass is 35.5. The van der Waals surface area contributed by atoms with Crippen LogP contribution in [-0.2, 0) is 26.0 Å². The third-order valence-electron chi connectivity index (χ3n) is 5.34. The van der Waals surface area contributed by atoms with Gasteiger partial charge < -0.3 is 10.2 Å². The number of likely N-dealkylation sites (N-methyl/N-ethyl adjacent to an activating group) is 1. The van der Waals surface area contributed by atoms with Crippen LogP contribution >= 0.6 is 11.6 Å². The zero-order chi connectivity index (χ0) is 24.6. The Bertz CT molecular complexity index is 1060. The normalized spacial score (nSPS) is 12.2. The first-order valence-electron chi connectivity index (χ1n) is 10.9. The van der Waals surface area contributed by atoms with Crippen molar-refractivity contribution in [1.82, 2.24) is 10.2 Å². The van der Waals surface area contributed by atoms with Crippen LogP contribution in [0.4, 0.5) is 5.69 Å². The van der Waals surface area contributed by atoms with Gasteiger partial charge in [0, 0.05) is 18.1 Å². The van der Waals surface area contributed by atoms with E-state index >= 15 is 0 Å². The van der Waals surface area contributed by atoms with Crippen molar-refractivity contribution in [2.75, 3.05) is 30.2 Å². The number of nitrogens with one attached hydrogen (secondary N) is 1. The number of aryl methyl sites for hydroxylation is 1. The highest BCUT2D eigenvalue weighted by Gasteiger charge is 2.31. The number of anilines is 1. The Morgan fingerprint density at radius 1 is 1.09 bits per heavy atom. The number of carbonyl (C=O) groups excluding carboxylic acids is 2. The van der Waals surface area contributed by atoms with E-state index in [1.807, 2.05) is 51.1 Å². The van der Waals surface area contributed by atoms with Crippen molar-refractivity contribution in [2.45, 2.75) is 39.7 Å². The van der Waals surface area contributed by atoms with Gasteiger partial charge in [-0.15, -0.1) is 0 Å². The molecule has 0 saturated heterocycles. The van der Waals surface area contributed by atoms with E-state index in [1.54, 1.807) is 12.1 Å². The second-order valence-electron chi connectivity index (χ2n) is 7.84. The summed E-state index contributed by atoms with van der Waals surface area (Å²) in [7, 11) is -3.78. The lowest BCUT2D eigenvalue weighted by molar-refractivity contribution is -0.139. The maximum atomic E-state index is 13.5. The van der Waals surface area contributed by atoms with Gasteiger partial charge in [-0.05, 0) is 49.9 Å². The van der Waals surface area contributed by atoms with Gasteiger partial charge in [0.2, 0.25) is 21.8 Å². The molecule has 180 valence electrons. The van der Waals surface area contributed by atoms with Gasteiger partial charge in [-0.3, -0.25) is 13.9 Å². The summed E-state index contributed by atoms with van der Waals surface area (Å²) in [6.45, 7) is 5.75. The smallest absolute Gasteiger partial charge is 0.244 e. The predicted octanol–water partition coefficient (Wildman–Crippen LogP) is 3.40. The molecule has 1 N–H and O–H groups in total. The summed E-state index contributed by atoms with van der Waals surface area (Å²) in [5, 5.41) is 3.18. The minimum atomic E-state index is -3.78. The van der Waals surface area contributed by atoms with E-state index in [9.17, 15) is 18.0 Å². The van der Waals surface area contributed by atoms with Crippen LogP contribution in [0.3, 0.4) is 0 Å². The van der Waals surface area contributed by atoms with E-state index in [2.05, 4.69) is 5.32 Å². The van der Waals surface area contributed by atoms with Crippen molar-refractivity contribution in [3.63, 3.8) is 0 Å². The molecule has 9 heteroatoms. The van der Waals surface area contributed by atoms with Crippen molar-refractivity contribution in [1.29, 1.82) is 0 Å². The van der Waals surface area contributed by atoms with Gasteiger partial charge in [0.1, 0.15) is 12.6 Å². The number of sulfonamides is 1. The first kappa shape index (κ1) is 26.7. The van der Waals surface area contributed by atoms with Crippen molar-refractivity contribution < 1.29 is 18.0 Å². The molecule has 0 radical (unpaired) electrons. The summed E-state index contributed by atoms with van der Waals surface area (Å²) < 4.78 is 26.2. The fraction of sp³-hybridized carbons (Fsp3) is 0.417. The largest absolute Gasteiger partial charge is 0.355 e. The Kier molecular flexibility index (Phi) is 9.73. The highest BCUT2D eigenvalue weighted by Crippen LogP contribution is 2.25. The molecule has 0 bridgehead atoms. The molecule has 2 aromatic carbocycles. The van der Waals surface area contributed by atoms with Crippen LogP contribution in [0, 0.1) is 6.92 Å². The van der Waals surface area contributed by atoms with E-state index in [0.29, 0.717) is 30.1 Å². The summed E-state index contributed by atoms with van der Waals surface area (Å²) in [6.07, 6.45) is 1.99. The molecule has 1 atom stereocenters. The molecular formula is C24H32ClN3O4S. The maximum absolute atomic E-state index is 13.5. The van der Waals surface area contributed by atoms with Gasteiger partial charge in [0.15, 0.2) is 0 Å². The fourth-order valence-corrected chi connectivity index (χ4v) is 4.55. The number of amides is 2. The molecule has 0 aliphatic rings. The predicted molar refractivity (Wildman–Crippen MR) is 133 cm³/mol. The molecule has 0 heterocycles. The molecule has 0 unspecified atom stereocenters. The van der Waals surface area contributed by atoms with Gasteiger partial charge in [-0.2, -0.15) is 0 Å². The zero-order valence-corrected chi connectivity index (χ0v) is 21.1. The van der Waals surface area contributed by atoms with Gasteiger partial charge in [-0.1, -0.05) is 54.9 Å². The Hall–Kier alpha value is -2.58. The van der Waals surface area contributed by atoms with Crippen molar-refractivity contribution >= 4 is 39.1 Å². The summed E-state index contributed by atoms with van der Waals surface area (Å²) in [4.78, 5) is 27.7. The number of hydrogen-bond acceptors (Lipinski definition) is 4. The lowest BCUT2D eigenvalue weighted by Crippen LogP contribution is -2.53. The van der Waals surface area contributed by atoms with Crippen molar-refractivity contribution in [3.05, 3.63) is 64.7 Å². The highest BCUT2D eigenvalue weighted by molar-refractivity contribution is 7.92. The van der Waals surface area contributed by atoms with Crippen LogP contribution in [0.5, 0.6) is 0 Å². The number of nitrogens with zero attached hydrogens (tertiary/aromatic N) is 2. The first-order valence-corrected chi connectivity index (χ1v) is 13.2. The van der Waals surface area contributed by atoms with Crippen LogP contribution in [0.25, 0.3) is 0 Å².